The van der Waals surface area contributed by atoms with E-state index in [0.717, 1.165) is 0 Å². The minimum atomic E-state index is -1.97. The zero-order valence-corrected chi connectivity index (χ0v) is 24.3. The molecule has 21 heteroatoms. The van der Waals surface area contributed by atoms with E-state index in [1.54, 1.807) is 0 Å². The fraction of sp³-hybridized carbons (Fsp3) is 0.920. The fourth-order valence-electron chi connectivity index (χ4n) is 5.98. The van der Waals surface area contributed by atoms with Crippen LogP contribution in [0.2, 0.25) is 0 Å². The van der Waals surface area contributed by atoms with Gasteiger partial charge in [-0.15, -0.1) is 0 Å². The lowest BCUT2D eigenvalue weighted by Crippen LogP contribution is -2.69. The summed E-state index contributed by atoms with van der Waals surface area (Å²) in [7, 11) is 0. The number of aliphatic hydroxyl groups is 11. The van der Waals surface area contributed by atoms with Gasteiger partial charge in [-0.3, -0.25) is 10.5 Å². The predicted molar refractivity (Wildman–Crippen MR) is 141 cm³/mol. The molecule has 19 atom stereocenters. The maximum Gasteiger partial charge on any atom is 0.187 e. The lowest BCUT2D eigenvalue weighted by molar-refractivity contribution is -0.391. The molecule has 0 spiro atoms. The molecular weight excluding hydrogens is 634 g/mol. The summed E-state index contributed by atoms with van der Waals surface area (Å²) < 4.78 is 27.6. The van der Waals surface area contributed by atoms with E-state index in [1.165, 1.54) is 13.0 Å². The van der Waals surface area contributed by atoms with Gasteiger partial charge in [-0.1, -0.05) is 6.08 Å². The summed E-state index contributed by atoms with van der Waals surface area (Å²) in [6, 6.07) is -2.23. The molecule has 14 N–H and O–H groups in total. The molecular formula is C25H43NO20. The van der Waals surface area contributed by atoms with Crippen LogP contribution in [0.5, 0.6) is 0 Å². The van der Waals surface area contributed by atoms with Gasteiger partial charge in [0.05, 0.1) is 31.4 Å². The SMILES string of the molecule is C[C@H]1O[C@H](O[C@H]2[C@H](O)[C@@H](O)[C@@H](O[C@H]3[C@H](O)[C@@H](O)[C@@H](O)O[C@@H]3COO)O[C@@H]2CO)[C@H](O)[C@@H](OO)[C@@H]1N[C@H]1C=C(CO)[C@@H](O)[C@H](O)[C@H]1O. The van der Waals surface area contributed by atoms with Gasteiger partial charge in [-0.25, -0.2) is 9.78 Å². The van der Waals surface area contributed by atoms with Crippen LogP contribution in [0.15, 0.2) is 11.6 Å². The summed E-state index contributed by atoms with van der Waals surface area (Å²) in [5.41, 5.74) is 0.00150. The van der Waals surface area contributed by atoms with E-state index in [4.69, 9.17) is 28.9 Å². The Bertz CT molecular complexity index is 993. The van der Waals surface area contributed by atoms with E-state index in [0.29, 0.717) is 0 Å². The molecule has 3 aliphatic heterocycles. The molecule has 0 radical (unpaired) electrons. The van der Waals surface area contributed by atoms with E-state index < -0.39 is 136 Å². The van der Waals surface area contributed by atoms with Gasteiger partial charge in [-0.2, -0.15) is 0 Å². The van der Waals surface area contributed by atoms with Gasteiger partial charge < -0.3 is 85.2 Å². The Kier molecular flexibility index (Phi) is 13.2. The number of hydrogen-bond donors (Lipinski definition) is 14. The Hall–Kier alpha value is -1.10. The highest BCUT2D eigenvalue weighted by Crippen LogP contribution is 2.33. The van der Waals surface area contributed by atoms with Gasteiger partial charge in [0.2, 0.25) is 0 Å². The van der Waals surface area contributed by atoms with Crippen molar-refractivity contribution in [2.24, 2.45) is 0 Å². The molecule has 3 saturated heterocycles. The monoisotopic (exact) mass is 677 g/mol. The molecule has 0 bridgehead atoms. The van der Waals surface area contributed by atoms with Crippen LogP contribution in [-0.2, 0) is 33.5 Å². The lowest BCUT2D eigenvalue weighted by Gasteiger charge is -2.48. The highest BCUT2D eigenvalue weighted by atomic mass is 17.1. The zero-order chi connectivity index (χ0) is 34.0. The van der Waals surface area contributed by atoms with Gasteiger partial charge in [-0.05, 0) is 12.5 Å². The molecule has 1 aliphatic carbocycles. The molecule has 0 aromatic heterocycles. The second kappa shape index (κ2) is 16.1. The third-order valence-electron chi connectivity index (χ3n) is 8.63. The first kappa shape index (κ1) is 37.7. The van der Waals surface area contributed by atoms with Crippen LogP contribution < -0.4 is 5.32 Å². The smallest absolute Gasteiger partial charge is 0.187 e. The maximum absolute atomic E-state index is 11.0. The third-order valence-corrected chi connectivity index (χ3v) is 8.63. The molecule has 0 aromatic carbocycles. The van der Waals surface area contributed by atoms with E-state index in [-0.39, 0.29) is 5.57 Å². The molecule has 46 heavy (non-hydrogen) atoms. The van der Waals surface area contributed by atoms with Gasteiger partial charge in [0, 0.05) is 0 Å². The van der Waals surface area contributed by atoms with E-state index in [2.05, 4.69) is 15.1 Å². The summed E-state index contributed by atoms with van der Waals surface area (Å²) in [5, 5.41) is 134. The average Bonchev–Trinajstić information content (AvgIpc) is 3.03. The Morgan fingerprint density at radius 1 is 0.696 bits per heavy atom. The van der Waals surface area contributed by atoms with E-state index in [1.807, 2.05) is 0 Å². The first-order valence-corrected chi connectivity index (χ1v) is 14.4. The van der Waals surface area contributed by atoms with Gasteiger partial charge in [0.15, 0.2) is 18.9 Å². The molecule has 3 heterocycles. The standard InChI is InChI=1S/C25H43NO20/c1-6-11(26-8-2-7(3-27)12(29)14(31)13(8)30)22(46-39)19(36)25(41-6)44-20-9(4-28)43-24(18(35)16(20)33)45-21-10(5-40-38)42-23(37)17(34)15(21)32/h2,6,8-39H,3-5H2,1H3/t6-,8+,9-,10-,11-,12-,13+,14+,15-,16-,17-,18-,19-,20-,21-,22+,23+,24-,25-/m1/s1. The van der Waals surface area contributed by atoms with Crippen molar-refractivity contribution < 1.29 is 100 Å². The van der Waals surface area contributed by atoms with Crippen molar-refractivity contribution in [2.75, 3.05) is 19.8 Å². The molecule has 0 saturated carbocycles. The molecule has 21 nitrogen and oxygen atoms in total. The van der Waals surface area contributed by atoms with Crippen molar-refractivity contribution in [3.63, 3.8) is 0 Å². The van der Waals surface area contributed by atoms with Gasteiger partial charge in [0.1, 0.15) is 86.0 Å². The molecule has 0 aromatic rings. The molecule has 268 valence electrons. The molecule has 0 unspecified atom stereocenters. The van der Waals surface area contributed by atoms with Crippen molar-refractivity contribution in [1.29, 1.82) is 0 Å². The van der Waals surface area contributed by atoms with Gasteiger partial charge >= 0.3 is 0 Å². The molecule has 4 rings (SSSR count). The summed E-state index contributed by atoms with van der Waals surface area (Å²) >= 11 is 0. The van der Waals surface area contributed by atoms with Crippen molar-refractivity contribution in [3.8, 4) is 0 Å². The quantitative estimate of drug-likeness (QED) is 0.0548. The lowest BCUT2D eigenvalue weighted by atomic mass is 9.86. The second-order valence-electron chi connectivity index (χ2n) is 11.6. The van der Waals surface area contributed by atoms with Crippen LogP contribution in [0.1, 0.15) is 6.92 Å². The molecule has 3 fully saturated rings. The first-order valence-electron chi connectivity index (χ1n) is 14.4. The van der Waals surface area contributed by atoms with Crippen LogP contribution in [0, 0.1) is 0 Å². The number of rotatable bonds is 11. The minimum absolute atomic E-state index is 0.00150. The summed E-state index contributed by atoms with van der Waals surface area (Å²) in [5.74, 6) is 0. The number of aliphatic hydroxyl groups excluding tert-OH is 11. The van der Waals surface area contributed by atoms with Crippen molar-refractivity contribution in [2.45, 2.75) is 123 Å². The average molecular weight is 678 g/mol. The fourth-order valence-corrected chi connectivity index (χ4v) is 5.98. The Morgan fingerprint density at radius 3 is 1.89 bits per heavy atom. The van der Waals surface area contributed by atoms with E-state index >= 15 is 0 Å². The normalized spacial score (nSPS) is 50.3. The van der Waals surface area contributed by atoms with Crippen molar-refractivity contribution in [3.05, 3.63) is 11.6 Å². The van der Waals surface area contributed by atoms with Crippen molar-refractivity contribution in [1.82, 2.24) is 5.32 Å². The summed E-state index contributed by atoms with van der Waals surface area (Å²) in [6.07, 6.45) is -27.1. The number of nitrogens with one attached hydrogen (secondary N) is 1. The largest absolute Gasteiger partial charge is 0.394 e. The molecule has 0 amide bonds. The minimum Gasteiger partial charge on any atom is -0.394 e. The first-order chi connectivity index (χ1) is 21.8. The molecule has 4 aliphatic rings. The van der Waals surface area contributed by atoms with Crippen LogP contribution in [0.3, 0.4) is 0 Å². The zero-order valence-electron chi connectivity index (χ0n) is 24.3. The Labute approximate surface area is 260 Å². The van der Waals surface area contributed by atoms with Crippen LogP contribution in [0.25, 0.3) is 0 Å². The highest BCUT2D eigenvalue weighted by Gasteiger charge is 2.54. The highest BCUT2D eigenvalue weighted by molar-refractivity contribution is 5.22. The number of ether oxygens (including phenoxy) is 5. The van der Waals surface area contributed by atoms with Crippen LogP contribution in [-0.4, -0.2) is 203 Å². The van der Waals surface area contributed by atoms with E-state index in [9.17, 15) is 61.4 Å². The van der Waals surface area contributed by atoms with Gasteiger partial charge in [0.25, 0.3) is 0 Å². The third kappa shape index (κ3) is 7.55. The van der Waals surface area contributed by atoms with Crippen LogP contribution >= 0.6 is 0 Å². The summed E-state index contributed by atoms with van der Waals surface area (Å²) in [4.78, 5) is 8.49. The topological polar surface area (TPSA) is 340 Å². The van der Waals surface area contributed by atoms with Crippen molar-refractivity contribution >= 4 is 0 Å². The summed E-state index contributed by atoms with van der Waals surface area (Å²) in [6.45, 7) is -0.704. The Morgan fingerprint density at radius 2 is 1.30 bits per heavy atom. The second-order valence-corrected chi connectivity index (χ2v) is 11.6. The Balaban J connectivity index is 1.45. The maximum atomic E-state index is 11.0. The predicted octanol–water partition coefficient (Wildman–Crippen LogP) is -7.57. The van der Waals surface area contributed by atoms with Crippen LogP contribution in [0.4, 0.5) is 0 Å². The number of hydrogen-bond acceptors (Lipinski definition) is 21.